The molecular formula is C24H31N3O4. The largest absolute Gasteiger partial charge is 0.462 e. The van der Waals surface area contributed by atoms with Gasteiger partial charge in [-0.15, -0.1) is 0 Å². The van der Waals surface area contributed by atoms with E-state index in [1.165, 1.54) is 0 Å². The second-order valence-corrected chi connectivity index (χ2v) is 7.20. The van der Waals surface area contributed by atoms with E-state index in [2.05, 4.69) is 22.9 Å². The summed E-state index contributed by atoms with van der Waals surface area (Å²) in [5.41, 5.74) is 2.46. The van der Waals surface area contributed by atoms with Gasteiger partial charge >= 0.3 is 5.97 Å². The molecule has 0 aliphatic carbocycles. The predicted molar refractivity (Wildman–Crippen MR) is 123 cm³/mol. The van der Waals surface area contributed by atoms with Gasteiger partial charge in [0.2, 0.25) is 11.8 Å². The molecule has 0 saturated carbocycles. The fraction of sp³-hybridized carbons (Fsp3) is 0.375. The van der Waals surface area contributed by atoms with Crippen molar-refractivity contribution in [2.45, 2.75) is 46.0 Å². The van der Waals surface area contributed by atoms with Crippen molar-refractivity contribution in [3.8, 4) is 0 Å². The maximum Gasteiger partial charge on any atom is 0.338 e. The Labute approximate surface area is 183 Å². The number of hydrogen-bond donors (Lipinski definition) is 3. The molecule has 3 N–H and O–H groups in total. The van der Waals surface area contributed by atoms with E-state index in [0.717, 1.165) is 31.4 Å². The highest BCUT2D eigenvalue weighted by Gasteiger charge is 2.08. The Morgan fingerprint density at radius 3 is 2.23 bits per heavy atom. The summed E-state index contributed by atoms with van der Waals surface area (Å²) in [6, 6.07) is 13.8. The summed E-state index contributed by atoms with van der Waals surface area (Å²) < 4.78 is 5.08. The number of hydrogen-bond acceptors (Lipinski definition) is 5. The molecule has 2 aromatic carbocycles. The lowest BCUT2D eigenvalue weighted by Gasteiger charge is -2.10. The normalized spacial score (nSPS) is 10.3. The Hall–Kier alpha value is -3.35. The number of benzene rings is 2. The second-order valence-electron chi connectivity index (χ2n) is 7.20. The summed E-state index contributed by atoms with van der Waals surface area (Å²) in [4.78, 5) is 36.0. The van der Waals surface area contributed by atoms with Crippen LogP contribution >= 0.6 is 0 Å². The van der Waals surface area contributed by atoms with E-state index in [-0.39, 0.29) is 24.3 Å². The standard InChI is InChI=1S/C24H31N3O4/c1-3-5-6-10-22(28)27-21-9-7-8-20(16-21)25-17-23(29)26-19-13-11-18(12-14-19)24(30)31-15-4-2/h7-9,11-14,16,25H,3-6,10,15,17H2,1-2H3,(H,26,29)(H,27,28). The van der Waals surface area contributed by atoms with Gasteiger partial charge in [0, 0.05) is 23.5 Å². The third-order valence-corrected chi connectivity index (χ3v) is 4.45. The highest BCUT2D eigenvalue weighted by atomic mass is 16.5. The van der Waals surface area contributed by atoms with Gasteiger partial charge in [-0.05, 0) is 55.3 Å². The molecule has 0 bridgehead atoms. The molecule has 0 fully saturated rings. The Balaban J connectivity index is 1.80. The fourth-order valence-electron chi connectivity index (χ4n) is 2.82. The molecule has 2 amide bonds. The van der Waals surface area contributed by atoms with Crippen molar-refractivity contribution in [1.82, 2.24) is 0 Å². The van der Waals surface area contributed by atoms with E-state index in [4.69, 9.17) is 4.74 Å². The lowest BCUT2D eigenvalue weighted by Crippen LogP contribution is -2.21. The van der Waals surface area contributed by atoms with Crippen molar-refractivity contribution in [2.24, 2.45) is 0 Å². The third kappa shape index (κ3) is 8.90. The zero-order valence-corrected chi connectivity index (χ0v) is 18.2. The Bertz CT molecular complexity index is 865. The number of carbonyl (C=O) groups is 3. The first-order valence-electron chi connectivity index (χ1n) is 10.7. The molecule has 0 aliphatic rings. The average molecular weight is 426 g/mol. The van der Waals surface area contributed by atoms with Gasteiger partial charge in [-0.3, -0.25) is 9.59 Å². The summed E-state index contributed by atoms with van der Waals surface area (Å²) in [5, 5.41) is 8.70. The van der Waals surface area contributed by atoms with Crippen LogP contribution in [-0.2, 0) is 14.3 Å². The van der Waals surface area contributed by atoms with Crippen LogP contribution in [0.1, 0.15) is 56.3 Å². The van der Waals surface area contributed by atoms with E-state index in [1.807, 2.05) is 25.1 Å². The molecule has 2 rings (SSSR count). The number of unbranched alkanes of at least 4 members (excludes halogenated alkanes) is 2. The van der Waals surface area contributed by atoms with Crippen LogP contribution in [0.15, 0.2) is 48.5 Å². The highest BCUT2D eigenvalue weighted by Crippen LogP contribution is 2.16. The van der Waals surface area contributed by atoms with Gasteiger partial charge in [0.15, 0.2) is 0 Å². The van der Waals surface area contributed by atoms with Crippen LogP contribution in [0.3, 0.4) is 0 Å². The SMILES string of the molecule is CCCCCC(=O)Nc1cccc(NCC(=O)Nc2ccc(C(=O)OCCC)cc2)c1. The first-order chi connectivity index (χ1) is 15.0. The highest BCUT2D eigenvalue weighted by molar-refractivity contribution is 5.95. The van der Waals surface area contributed by atoms with Crippen LogP contribution in [0.4, 0.5) is 17.1 Å². The molecule has 7 nitrogen and oxygen atoms in total. The predicted octanol–water partition coefficient (Wildman–Crippen LogP) is 4.82. The van der Waals surface area contributed by atoms with Gasteiger partial charge in [-0.25, -0.2) is 4.79 Å². The number of carbonyl (C=O) groups excluding carboxylic acids is 3. The molecule has 0 radical (unpaired) electrons. The summed E-state index contributed by atoms with van der Waals surface area (Å²) >= 11 is 0. The maximum absolute atomic E-state index is 12.2. The van der Waals surface area contributed by atoms with Crippen molar-refractivity contribution >= 4 is 34.8 Å². The molecule has 0 aromatic heterocycles. The minimum atomic E-state index is -0.376. The van der Waals surface area contributed by atoms with Crippen LogP contribution in [0.25, 0.3) is 0 Å². The van der Waals surface area contributed by atoms with E-state index >= 15 is 0 Å². The van der Waals surface area contributed by atoms with E-state index in [1.54, 1.807) is 30.3 Å². The first kappa shape index (κ1) is 23.9. The average Bonchev–Trinajstić information content (AvgIpc) is 2.77. The number of nitrogens with one attached hydrogen (secondary N) is 3. The smallest absolute Gasteiger partial charge is 0.338 e. The molecular weight excluding hydrogens is 394 g/mol. The molecule has 166 valence electrons. The number of ether oxygens (including phenoxy) is 1. The number of rotatable bonds is 12. The molecule has 0 heterocycles. The maximum atomic E-state index is 12.2. The molecule has 0 atom stereocenters. The van der Waals surface area contributed by atoms with E-state index in [9.17, 15) is 14.4 Å². The summed E-state index contributed by atoms with van der Waals surface area (Å²) in [7, 11) is 0. The summed E-state index contributed by atoms with van der Waals surface area (Å²) in [5.74, 6) is -0.612. The van der Waals surface area contributed by atoms with E-state index in [0.29, 0.717) is 30.0 Å². The third-order valence-electron chi connectivity index (χ3n) is 4.45. The van der Waals surface area contributed by atoms with Crippen molar-refractivity contribution in [3.63, 3.8) is 0 Å². The number of esters is 1. The minimum absolute atomic E-state index is 0.00892. The summed E-state index contributed by atoms with van der Waals surface area (Å²) in [6.45, 7) is 4.48. The van der Waals surface area contributed by atoms with Gasteiger partial charge in [0.25, 0.3) is 0 Å². The zero-order chi connectivity index (χ0) is 22.5. The number of amides is 2. The molecule has 31 heavy (non-hydrogen) atoms. The van der Waals surface area contributed by atoms with Gasteiger partial charge in [0.05, 0.1) is 18.7 Å². The zero-order valence-electron chi connectivity index (χ0n) is 18.2. The van der Waals surface area contributed by atoms with Gasteiger partial charge in [-0.2, -0.15) is 0 Å². The quantitative estimate of drug-likeness (QED) is 0.335. The fourth-order valence-corrected chi connectivity index (χ4v) is 2.82. The van der Waals surface area contributed by atoms with Crippen LogP contribution in [0.5, 0.6) is 0 Å². The Kier molecular flexibility index (Phi) is 10.1. The molecule has 7 heteroatoms. The van der Waals surface area contributed by atoms with Gasteiger partial charge < -0.3 is 20.7 Å². The Morgan fingerprint density at radius 2 is 1.52 bits per heavy atom. The molecule has 2 aromatic rings. The van der Waals surface area contributed by atoms with Gasteiger partial charge in [0.1, 0.15) is 0 Å². The van der Waals surface area contributed by atoms with Crippen molar-refractivity contribution in [3.05, 3.63) is 54.1 Å². The van der Waals surface area contributed by atoms with Crippen LogP contribution in [0, 0.1) is 0 Å². The van der Waals surface area contributed by atoms with Crippen LogP contribution in [0.2, 0.25) is 0 Å². The van der Waals surface area contributed by atoms with E-state index < -0.39 is 0 Å². The van der Waals surface area contributed by atoms with Crippen molar-refractivity contribution in [1.29, 1.82) is 0 Å². The molecule has 0 saturated heterocycles. The Morgan fingerprint density at radius 1 is 0.806 bits per heavy atom. The van der Waals surface area contributed by atoms with Crippen molar-refractivity contribution in [2.75, 3.05) is 29.1 Å². The molecule has 0 unspecified atom stereocenters. The first-order valence-corrected chi connectivity index (χ1v) is 10.7. The van der Waals surface area contributed by atoms with Crippen LogP contribution < -0.4 is 16.0 Å². The lowest BCUT2D eigenvalue weighted by molar-refractivity contribution is -0.116. The summed E-state index contributed by atoms with van der Waals surface area (Å²) in [6.07, 6.45) is 4.26. The van der Waals surface area contributed by atoms with Crippen molar-refractivity contribution < 1.29 is 19.1 Å². The topological polar surface area (TPSA) is 96.5 Å². The number of anilines is 3. The minimum Gasteiger partial charge on any atom is -0.462 e. The van der Waals surface area contributed by atoms with Crippen LogP contribution in [-0.4, -0.2) is 30.9 Å². The molecule has 0 aliphatic heterocycles. The lowest BCUT2D eigenvalue weighted by atomic mass is 10.2. The van der Waals surface area contributed by atoms with Gasteiger partial charge in [-0.1, -0.05) is 32.8 Å². The molecule has 0 spiro atoms. The monoisotopic (exact) mass is 425 g/mol. The second kappa shape index (κ2) is 13.1.